The van der Waals surface area contributed by atoms with E-state index >= 15 is 0 Å². The summed E-state index contributed by atoms with van der Waals surface area (Å²) in [6.07, 6.45) is 4.54. The second-order valence-electron chi connectivity index (χ2n) is 6.02. The minimum Gasteiger partial charge on any atom is -0.478 e. The van der Waals surface area contributed by atoms with Gasteiger partial charge in [0.2, 0.25) is 0 Å². The highest BCUT2D eigenvalue weighted by Gasteiger charge is 2.56. The number of carboxylic acids is 1. The number of anilines is 1. The average Bonchev–Trinajstić information content (AvgIpc) is 2.33. The van der Waals surface area contributed by atoms with Crippen LogP contribution in [0.3, 0.4) is 0 Å². The van der Waals surface area contributed by atoms with E-state index in [-0.39, 0.29) is 11.1 Å². The second kappa shape index (κ2) is 4.16. The van der Waals surface area contributed by atoms with Crippen molar-refractivity contribution in [2.24, 2.45) is 5.92 Å². The van der Waals surface area contributed by atoms with Gasteiger partial charge in [-0.2, -0.15) is 0 Å². The molecule has 3 aliphatic rings. The Morgan fingerprint density at radius 3 is 2.71 bits per heavy atom. The van der Waals surface area contributed by atoms with Gasteiger partial charge < -0.3 is 10.4 Å². The number of benzene rings is 1. The molecule has 21 heavy (non-hydrogen) atoms. The zero-order valence-electron chi connectivity index (χ0n) is 11.0. The highest BCUT2D eigenvalue weighted by atomic mass is 79.9. The Balaban J connectivity index is 1.91. The topological polar surface area (TPSA) is 62.2 Å². The van der Waals surface area contributed by atoms with Crippen molar-refractivity contribution in [3.05, 3.63) is 34.2 Å². The Bertz CT molecular complexity index is 776. The predicted molar refractivity (Wildman–Crippen MR) is 80.1 cm³/mol. The Labute approximate surface area is 128 Å². The number of aromatic nitrogens is 1. The number of nitrogens with zero attached hydrogens (tertiary/aromatic N) is 1. The lowest BCUT2D eigenvalue weighted by molar-refractivity contribution is 0.00217. The summed E-state index contributed by atoms with van der Waals surface area (Å²) < 4.78 is 13.9. The van der Waals surface area contributed by atoms with Gasteiger partial charge in [-0.05, 0) is 47.2 Å². The van der Waals surface area contributed by atoms with Crippen molar-refractivity contribution in [3.63, 3.8) is 0 Å². The van der Waals surface area contributed by atoms with Crippen molar-refractivity contribution in [1.29, 1.82) is 0 Å². The van der Waals surface area contributed by atoms with Crippen LogP contribution in [0.25, 0.3) is 10.9 Å². The van der Waals surface area contributed by atoms with Gasteiger partial charge in [0.25, 0.3) is 0 Å². The van der Waals surface area contributed by atoms with Gasteiger partial charge in [-0.1, -0.05) is 0 Å². The number of carbonyl (C=O) groups is 1. The number of nitrogens with one attached hydrogen (secondary N) is 1. The number of pyridine rings is 1. The van der Waals surface area contributed by atoms with Gasteiger partial charge >= 0.3 is 5.97 Å². The number of fused-ring (bicyclic) bond motifs is 1. The second-order valence-corrected chi connectivity index (χ2v) is 6.87. The van der Waals surface area contributed by atoms with E-state index in [1.165, 1.54) is 12.3 Å². The van der Waals surface area contributed by atoms with Crippen LogP contribution < -0.4 is 5.32 Å². The van der Waals surface area contributed by atoms with Crippen LogP contribution in [0.4, 0.5) is 10.1 Å². The lowest BCUT2D eigenvalue weighted by Gasteiger charge is -2.62. The first-order chi connectivity index (χ1) is 9.97. The van der Waals surface area contributed by atoms with Gasteiger partial charge in [-0.25, -0.2) is 9.18 Å². The fraction of sp³-hybridized carbons (Fsp3) is 0.333. The molecule has 0 unspecified atom stereocenters. The quantitative estimate of drug-likeness (QED) is 0.883. The van der Waals surface area contributed by atoms with Crippen molar-refractivity contribution in [1.82, 2.24) is 4.98 Å². The third-order valence-corrected chi connectivity index (χ3v) is 5.18. The SMILES string of the molecule is O=C(O)c1cnc2cc(F)c(Br)cc2c1NC12CC(C1)C2. The van der Waals surface area contributed by atoms with E-state index in [2.05, 4.69) is 26.2 Å². The Morgan fingerprint density at radius 1 is 1.43 bits per heavy atom. The van der Waals surface area contributed by atoms with Crippen LogP contribution in [0.5, 0.6) is 0 Å². The maximum absolute atomic E-state index is 13.6. The van der Waals surface area contributed by atoms with Crippen molar-refractivity contribution in [2.75, 3.05) is 5.32 Å². The number of halogens is 2. The van der Waals surface area contributed by atoms with Crippen molar-refractivity contribution < 1.29 is 14.3 Å². The average molecular weight is 351 g/mol. The maximum atomic E-state index is 13.6. The highest BCUT2D eigenvalue weighted by molar-refractivity contribution is 9.10. The molecule has 0 saturated heterocycles. The molecule has 6 heteroatoms. The molecule has 3 aliphatic carbocycles. The Morgan fingerprint density at radius 2 is 2.14 bits per heavy atom. The minimum atomic E-state index is -1.03. The smallest absolute Gasteiger partial charge is 0.339 e. The summed E-state index contributed by atoms with van der Waals surface area (Å²) in [7, 11) is 0. The number of hydrogen-bond acceptors (Lipinski definition) is 3. The molecular formula is C15H12BrFN2O2. The van der Waals surface area contributed by atoms with Crippen LogP contribution in [0.15, 0.2) is 22.8 Å². The molecule has 5 rings (SSSR count). The number of aromatic carboxylic acids is 1. The van der Waals surface area contributed by atoms with Crippen molar-refractivity contribution >= 4 is 38.5 Å². The number of rotatable bonds is 3. The monoisotopic (exact) mass is 350 g/mol. The molecule has 1 aromatic carbocycles. The molecule has 2 bridgehead atoms. The Kier molecular flexibility index (Phi) is 2.58. The van der Waals surface area contributed by atoms with Crippen LogP contribution in [0.1, 0.15) is 29.6 Å². The third-order valence-electron chi connectivity index (χ3n) is 4.57. The predicted octanol–water partition coefficient (Wildman–Crippen LogP) is 3.80. The Hall–Kier alpha value is -1.69. The zero-order chi connectivity index (χ0) is 14.8. The first-order valence-corrected chi connectivity index (χ1v) is 7.56. The third kappa shape index (κ3) is 1.85. The largest absolute Gasteiger partial charge is 0.478 e. The van der Waals surface area contributed by atoms with Gasteiger partial charge in [-0.3, -0.25) is 4.98 Å². The van der Waals surface area contributed by atoms with E-state index in [9.17, 15) is 14.3 Å². The summed E-state index contributed by atoms with van der Waals surface area (Å²) in [4.78, 5) is 15.5. The molecule has 1 heterocycles. The summed E-state index contributed by atoms with van der Waals surface area (Å²) in [5.74, 6) is -0.656. The maximum Gasteiger partial charge on any atom is 0.339 e. The lowest BCUT2D eigenvalue weighted by Crippen LogP contribution is -2.63. The van der Waals surface area contributed by atoms with E-state index < -0.39 is 11.8 Å². The van der Waals surface area contributed by atoms with E-state index in [4.69, 9.17) is 0 Å². The first-order valence-electron chi connectivity index (χ1n) is 6.77. The molecular weight excluding hydrogens is 339 g/mol. The molecule has 3 fully saturated rings. The molecule has 108 valence electrons. The molecule has 0 aliphatic heterocycles. The standard InChI is InChI=1S/C15H12BrFN2O2/c16-10-1-8-12(2-11(10)17)18-6-9(14(20)21)13(8)19-15-3-7(4-15)5-15/h1-2,6-7H,3-5H2,(H,18,19)(H,20,21). The molecule has 0 spiro atoms. The van der Waals surface area contributed by atoms with Crippen LogP contribution in [-0.4, -0.2) is 21.6 Å². The van der Waals surface area contributed by atoms with Gasteiger partial charge in [0.05, 0.1) is 15.7 Å². The van der Waals surface area contributed by atoms with Crippen LogP contribution in [0.2, 0.25) is 0 Å². The van der Waals surface area contributed by atoms with Crippen molar-refractivity contribution in [3.8, 4) is 0 Å². The molecule has 1 aromatic heterocycles. The summed E-state index contributed by atoms with van der Waals surface area (Å²) in [5.41, 5.74) is 1.16. The molecule has 0 radical (unpaired) electrons. The molecule has 2 aromatic rings. The highest BCUT2D eigenvalue weighted by Crippen LogP contribution is 2.59. The fourth-order valence-corrected chi connectivity index (χ4v) is 3.72. The summed E-state index contributed by atoms with van der Waals surface area (Å²) >= 11 is 3.15. The number of hydrogen-bond donors (Lipinski definition) is 2. The molecule has 2 N–H and O–H groups in total. The molecule has 4 nitrogen and oxygen atoms in total. The minimum absolute atomic E-state index is 0.0318. The van der Waals surface area contributed by atoms with Crippen LogP contribution in [-0.2, 0) is 0 Å². The van der Waals surface area contributed by atoms with Gasteiger partial charge in [-0.15, -0.1) is 0 Å². The van der Waals surface area contributed by atoms with Gasteiger partial charge in [0, 0.05) is 23.2 Å². The number of carboxylic acid groups (broad SMARTS) is 1. The fourth-order valence-electron chi connectivity index (χ4n) is 3.38. The molecule has 0 atom stereocenters. The molecule has 0 amide bonds. The summed E-state index contributed by atoms with van der Waals surface area (Å²) in [6.45, 7) is 0. The van der Waals surface area contributed by atoms with E-state index in [1.807, 2.05) is 0 Å². The zero-order valence-corrected chi connectivity index (χ0v) is 12.6. The van der Waals surface area contributed by atoms with E-state index in [0.717, 1.165) is 25.2 Å². The van der Waals surface area contributed by atoms with E-state index in [0.29, 0.717) is 21.1 Å². The first kappa shape index (κ1) is 13.0. The van der Waals surface area contributed by atoms with Gasteiger partial charge in [0.1, 0.15) is 11.4 Å². The lowest BCUT2D eigenvalue weighted by atomic mass is 9.50. The van der Waals surface area contributed by atoms with E-state index in [1.54, 1.807) is 6.07 Å². The van der Waals surface area contributed by atoms with Gasteiger partial charge in [0.15, 0.2) is 0 Å². The van der Waals surface area contributed by atoms with Crippen LogP contribution in [0, 0.1) is 11.7 Å². The summed E-state index contributed by atoms with van der Waals surface area (Å²) in [5, 5.41) is 13.4. The van der Waals surface area contributed by atoms with Crippen molar-refractivity contribution in [2.45, 2.75) is 24.8 Å². The van der Waals surface area contributed by atoms with Crippen LogP contribution >= 0.6 is 15.9 Å². The molecule has 3 saturated carbocycles. The summed E-state index contributed by atoms with van der Waals surface area (Å²) in [6, 6.07) is 2.91. The normalized spacial score (nSPS) is 26.1.